The SMILES string of the molecule is CCO[C@H]1C[C@@H](C(C)(C)C)O/C1=C\[Se]c1ccccc1. The molecule has 0 radical (unpaired) electrons. The Balaban J connectivity index is 2.07. The van der Waals surface area contributed by atoms with Gasteiger partial charge in [0, 0.05) is 0 Å². The van der Waals surface area contributed by atoms with Crippen LogP contribution in [0, 0.1) is 5.41 Å². The Morgan fingerprint density at radius 2 is 2.00 bits per heavy atom. The average molecular weight is 339 g/mol. The van der Waals surface area contributed by atoms with Crippen LogP contribution in [0.15, 0.2) is 41.1 Å². The van der Waals surface area contributed by atoms with Crippen LogP contribution in [0.1, 0.15) is 34.1 Å². The van der Waals surface area contributed by atoms with E-state index < -0.39 is 0 Å². The van der Waals surface area contributed by atoms with E-state index in [0.29, 0.717) is 15.0 Å². The van der Waals surface area contributed by atoms with E-state index in [2.05, 4.69) is 56.1 Å². The summed E-state index contributed by atoms with van der Waals surface area (Å²) in [5.74, 6) is 1.04. The van der Waals surface area contributed by atoms with Crippen molar-refractivity contribution in [3.05, 3.63) is 41.1 Å². The normalized spacial score (nSPS) is 24.9. The Kier molecular flexibility index (Phi) is 5.31. The van der Waals surface area contributed by atoms with E-state index in [0.717, 1.165) is 18.8 Å². The molecule has 1 heterocycles. The second kappa shape index (κ2) is 6.80. The summed E-state index contributed by atoms with van der Waals surface area (Å²) < 4.78 is 13.4. The summed E-state index contributed by atoms with van der Waals surface area (Å²) in [6.45, 7) is 9.47. The first-order valence-electron chi connectivity index (χ1n) is 7.20. The molecule has 1 saturated heterocycles. The van der Waals surface area contributed by atoms with Crippen molar-refractivity contribution in [1.29, 1.82) is 0 Å². The molecular weight excluding hydrogens is 315 g/mol. The van der Waals surface area contributed by atoms with Gasteiger partial charge in [-0.25, -0.2) is 0 Å². The van der Waals surface area contributed by atoms with Gasteiger partial charge in [0.1, 0.15) is 0 Å². The summed E-state index contributed by atoms with van der Waals surface area (Å²) in [6, 6.07) is 10.6. The van der Waals surface area contributed by atoms with Gasteiger partial charge in [0.25, 0.3) is 0 Å². The van der Waals surface area contributed by atoms with Gasteiger partial charge >= 0.3 is 128 Å². The van der Waals surface area contributed by atoms with Crippen molar-refractivity contribution in [2.45, 2.75) is 46.3 Å². The van der Waals surface area contributed by atoms with E-state index in [-0.39, 0.29) is 17.6 Å². The third kappa shape index (κ3) is 4.11. The van der Waals surface area contributed by atoms with Crippen molar-refractivity contribution in [2.24, 2.45) is 5.41 Å². The predicted molar refractivity (Wildman–Crippen MR) is 84.3 cm³/mol. The number of ether oxygens (including phenoxy) is 2. The fraction of sp³-hybridized carbons (Fsp3) is 0.529. The van der Waals surface area contributed by atoms with Gasteiger partial charge in [0.05, 0.1) is 0 Å². The molecule has 1 aromatic carbocycles. The Hall–Kier alpha value is -0.761. The molecule has 0 bridgehead atoms. The van der Waals surface area contributed by atoms with E-state index in [9.17, 15) is 0 Å². The Labute approximate surface area is 128 Å². The zero-order valence-electron chi connectivity index (χ0n) is 12.8. The Morgan fingerprint density at radius 1 is 1.30 bits per heavy atom. The topological polar surface area (TPSA) is 18.5 Å². The van der Waals surface area contributed by atoms with E-state index in [1.165, 1.54) is 4.46 Å². The maximum absolute atomic E-state index is 6.16. The van der Waals surface area contributed by atoms with Crippen molar-refractivity contribution in [3.8, 4) is 0 Å². The van der Waals surface area contributed by atoms with Gasteiger partial charge in [0.15, 0.2) is 0 Å². The van der Waals surface area contributed by atoms with Crippen LogP contribution in [-0.2, 0) is 9.47 Å². The minimum absolute atomic E-state index is 0.134. The van der Waals surface area contributed by atoms with Crippen LogP contribution in [0.2, 0.25) is 0 Å². The van der Waals surface area contributed by atoms with Crippen molar-refractivity contribution in [1.82, 2.24) is 0 Å². The standard InChI is InChI=1S/C17H24O2Se/c1-5-18-14-11-16(17(2,3)4)19-15(14)12-20-13-9-7-6-8-10-13/h6-10,12,14,16H,5,11H2,1-4H3/b15-12-/t14-,16-/m0/s1. The summed E-state index contributed by atoms with van der Waals surface area (Å²) in [7, 11) is 0. The molecule has 1 fully saturated rings. The molecule has 110 valence electrons. The molecule has 0 aromatic heterocycles. The van der Waals surface area contributed by atoms with Crippen molar-refractivity contribution < 1.29 is 9.47 Å². The summed E-state index contributed by atoms with van der Waals surface area (Å²) in [5.41, 5.74) is 0.157. The van der Waals surface area contributed by atoms with Crippen LogP contribution in [0.3, 0.4) is 0 Å². The molecule has 3 heteroatoms. The monoisotopic (exact) mass is 340 g/mol. The number of rotatable bonds is 4. The number of hydrogen-bond acceptors (Lipinski definition) is 2. The molecule has 20 heavy (non-hydrogen) atoms. The summed E-state index contributed by atoms with van der Waals surface area (Å²) >= 11 is 0.304. The fourth-order valence-corrected chi connectivity index (χ4v) is 3.83. The Morgan fingerprint density at radius 3 is 2.60 bits per heavy atom. The zero-order chi connectivity index (χ0) is 14.6. The van der Waals surface area contributed by atoms with E-state index in [1.54, 1.807) is 0 Å². The summed E-state index contributed by atoms with van der Waals surface area (Å²) in [5, 5.41) is 0. The molecule has 0 saturated carbocycles. The van der Waals surface area contributed by atoms with Gasteiger partial charge in [0.2, 0.25) is 0 Å². The van der Waals surface area contributed by atoms with Gasteiger partial charge in [-0.2, -0.15) is 0 Å². The molecule has 1 aliphatic rings. The zero-order valence-corrected chi connectivity index (χ0v) is 14.5. The molecule has 0 aliphatic carbocycles. The van der Waals surface area contributed by atoms with Crippen LogP contribution in [0.5, 0.6) is 0 Å². The van der Waals surface area contributed by atoms with Crippen LogP contribution in [-0.4, -0.2) is 33.8 Å². The molecule has 2 atom stereocenters. The van der Waals surface area contributed by atoms with Crippen LogP contribution in [0.4, 0.5) is 0 Å². The molecule has 1 aliphatic heterocycles. The third-order valence-electron chi connectivity index (χ3n) is 3.41. The molecule has 0 unspecified atom stereocenters. The van der Waals surface area contributed by atoms with E-state index >= 15 is 0 Å². The van der Waals surface area contributed by atoms with Crippen LogP contribution < -0.4 is 4.46 Å². The fourth-order valence-electron chi connectivity index (χ4n) is 2.21. The third-order valence-corrected chi connectivity index (χ3v) is 5.29. The van der Waals surface area contributed by atoms with Crippen molar-refractivity contribution >= 4 is 19.4 Å². The summed E-state index contributed by atoms with van der Waals surface area (Å²) in [6.07, 6.45) is 1.35. The molecule has 0 N–H and O–H groups in total. The molecular formula is C17H24O2Se. The first kappa shape index (κ1) is 15.6. The molecule has 0 spiro atoms. The number of benzene rings is 1. The second-order valence-corrected chi connectivity index (χ2v) is 8.08. The Bertz CT molecular complexity index is 448. The molecule has 1 aromatic rings. The van der Waals surface area contributed by atoms with Crippen molar-refractivity contribution in [2.75, 3.05) is 6.61 Å². The van der Waals surface area contributed by atoms with E-state index in [4.69, 9.17) is 9.47 Å². The van der Waals surface area contributed by atoms with Crippen LogP contribution >= 0.6 is 0 Å². The van der Waals surface area contributed by atoms with Gasteiger partial charge in [-0.3, -0.25) is 0 Å². The molecule has 0 amide bonds. The average Bonchev–Trinajstić information content (AvgIpc) is 2.81. The molecule has 2 rings (SSSR count). The van der Waals surface area contributed by atoms with E-state index in [1.807, 2.05) is 6.92 Å². The van der Waals surface area contributed by atoms with Gasteiger partial charge in [-0.05, 0) is 0 Å². The first-order valence-corrected chi connectivity index (χ1v) is 9.05. The number of hydrogen-bond donors (Lipinski definition) is 0. The predicted octanol–water partition coefficient (Wildman–Crippen LogP) is 3.10. The van der Waals surface area contributed by atoms with Gasteiger partial charge < -0.3 is 0 Å². The molecule has 2 nitrogen and oxygen atoms in total. The second-order valence-electron chi connectivity index (χ2n) is 6.10. The van der Waals surface area contributed by atoms with Crippen molar-refractivity contribution in [3.63, 3.8) is 0 Å². The van der Waals surface area contributed by atoms with Gasteiger partial charge in [-0.15, -0.1) is 0 Å². The maximum atomic E-state index is 6.16. The minimum atomic E-state index is 0.134. The first-order chi connectivity index (χ1) is 9.50. The summed E-state index contributed by atoms with van der Waals surface area (Å²) in [4.78, 5) is 2.24. The quantitative estimate of drug-likeness (QED) is 0.785. The van der Waals surface area contributed by atoms with Gasteiger partial charge in [-0.1, -0.05) is 0 Å². The van der Waals surface area contributed by atoms with Crippen LogP contribution in [0.25, 0.3) is 0 Å².